The Bertz CT molecular complexity index is 856. The molecule has 0 aromatic heterocycles. The van der Waals surface area contributed by atoms with Crippen molar-refractivity contribution in [3.05, 3.63) is 29.8 Å². The molecule has 0 radical (unpaired) electrons. The molecule has 2 aliphatic heterocycles. The van der Waals surface area contributed by atoms with Crippen molar-refractivity contribution < 1.29 is 22.8 Å². The van der Waals surface area contributed by atoms with Gasteiger partial charge in [0.2, 0.25) is 15.9 Å². The van der Waals surface area contributed by atoms with Crippen LogP contribution in [0.15, 0.2) is 24.3 Å². The Morgan fingerprint density at radius 1 is 1.25 bits per heavy atom. The number of carbonyl (C=O) groups excluding carboxylic acids is 3. The van der Waals surface area contributed by atoms with Gasteiger partial charge in [0.05, 0.1) is 18.6 Å². The van der Waals surface area contributed by atoms with Gasteiger partial charge in [0.1, 0.15) is 0 Å². The van der Waals surface area contributed by atoms with E-state index < -0.39 is 16.1 Å². The highest BCUT2D eigenvalue weighted by molar-refractivity contribution is 8.14. The fourth-order valence-corrected chi connectivity index (χ4v) is 4.76. The summed E-state index contributed by atoms with van der Waals surface area (Å²) < 4.78 is 24.7. The molecule has 1 aromatic carbocycles. The van der Waals surface area contributed by atoms with Gasteiger partial charge in [-0.2, -0.15) is 0 Å². The number of urea groups is 1. The molecule has 0 bridgehead atoms. The van der Waals surface area contributed by atoms with Crippen LogP contribution in [0.1, 0.15) is 18.4 Å². The molecule has 11 heteroatoms. The molecule has 2 saturated heterocycles. The first-order valence-corrected chi connectivity index (χ1v) is 11.6. The van der Waals surface area contributed by atoms with Crippen LogP contribution < -0.4 is 10.6 Å². The van der Waals surface area contributed by atoms with Crippen LogP contribution in [0.3, 0.4) is 0 Å². The zero-order chi connectivity index (χ0) is 20.3. The zero-order valence-corrected chi connectivity index (χ0v) is 17.0. The summed E-state index contributed by atoms with van der Waals surface area (Å²) in [7, 11) is -3.27. The summed E-state index contributed by atoms with van der Waals surface area (Å²) >= 11 is 0.993. The molecule has 2 aliphatic rings. The molecule has 0 aliphatic carbocycles. The van der Waals surface area contributed by atoms with E-state index in [-0.39, 0.29) is 36.0 Å². The smallest absolute Gasteiger partial charge is 0.319 e. The fourth-order valence-electron chi connectivity index (χ4n) is 3.12. The molecule has 1 unspecified atom stereocenters. The van der Waals surface area contributed by atoms with Gasteiger partial charge in [-0.05, 0) is 30.5 Å². The van der Waals surface area contributed by atoms with Crippen LogP contribution in [0.25, 0.3) is 0 Å². The lowest BCUT2D eigenvalue weighted by molar-refractivity contribution is -0.125. The van der Waals surface area contributed by atoms with Gasteiger partial charge in [0, 0.05) is 24.8 Å². The van der Waals surface area contributed by atoms with Gasteiger partial charge in [-0.1, -0.05) is 23.9 Å². The van der Waals surface area contributed by atoms with Gasteiger partial charge in [-0.15, -0.1) is 0 Å². The normalized spacial score (nSPS) is 21.0. The van der Waals surface area contributed by atoms with Gasteiger partial charge in [0.25, 0.3) is 5.24 Å². The molecular formula is C17H22N4O5S2. The van der Waals surface area contributed by atoms with Crippen molar-refractivity contribution in [2.45, 2.75) is 25.4 Å². The van der Waals surface area contributed by atoms with Crippen LogP contribution in [-0.4, -0.2) is 65.9 Å². The third kappa shape index (κ3) is 5.24. The Morgan fingerprint density at radius 2 is 1.96 bits per heavy atom. The number of imide groups is 1. The van der Waals surface area contributed by atoms with Crippen molar-refractivity contribution in [3.8, 4) is 0 Å². The third-order valence-electron chi connectivity index (χ3n) is 4.58. The molecule has 0 saturated carbocycles. The molecule has 2 N–H and O–H groups in total. The molecule has 1 aromatic rings. The maximum Gasteiger partial charge on any atom is 0.319 e. The fraction of sp³-hybridized carbons (Fsp3) is 0.471. The number of hydrogen-bond donors (Lipinski definition) is 2. The van der Waals surface area contributed by atoms with E-state index in [1.54, 1.807) is 24.3 Å². The van der Waals surface area contributed by atoms with E-state index in [9.17, 15) is 22.8 Å². The predicted octanol–water partition coefficient (Wildman–Crippen LogP) is 1.43. The molecule has 9 nitrogen and oxygen atoms in total. The molecule has 2 fully saturated rings. The quantitative estimate of drug-likeness (QED) is 0.736. The first-order valence-electron chi connectivity index (χ1n) is 8.81. The summed E-state index contributed by atoms with van der Waals surface area (Å²) in [5, 5.41) is 5.26. The largest absolute Gasteiger partial charge is 0.334 e. The summed E-state index contributed by atoms with van der Waals surface area (Å²) in [6.07, 6.45) is 2.58. The number of rotatable bonds is 5. The highest BCUT2D eigenvalue weighted by Crippen LogP contribution is 2.22. The van der Waals surface area contributed by atoms with Crippen molar-refractivity contribution in [1.82, 2.24) is 14.5 Å². The van der Waals surface area contributed by atoms with Crippen LogP contribution in [-0.2, 0) is 21.4 Å². The van der Waals surface area contributed by atoms with Crippen LogP contribution in [0.5, 0.6) is 0 Å². The molecule has 0 spiro atoms. The number of nitrogens with zero attached hydrogens (tertiary/aromatic N) is 2. The lowest BCUT2D eigenvalue weighted by atomic mass is 10.1. The van der Waals surface area contributed by atoms with Crippen LogP contribution >= 0.6 is 11.8 Å². The number of anilines is 1. The van der Waals surface area contributed by atoms with E-state index in [0.717, 1.165) is 17.3 Å². The van der Waals surface area contributed by atoms with E-state index in [2.05, 4.69) is 10.6 Å². The topological polar surface area (TPSA) is 116 Å². The average molecular weight is 427 g/mol. The van der Waals surface area contributed by atoms with Crippen molar-refractivity contribution >= 4 is 44.7 Å². The molecule has 3 rings (SSSR count). The number of nitrogens with one attached hydrogen (secondary N) is 2. The Kier molecular flexibility index (Phi) is 6.26. The Morgan fingerprint density at radius 3 is 2.57 bits per heavy atom. The SMILES string of the molecule is CS(=O)(=O)N1CCCC(NC(=O)Nc2ccc(CN3C(=O)CSC3=O)cc2)C1. The molecular weight excluding hydrogens is 404 g/mol. The van der Waals surface area contributed by atoms with Crippen LogP contribution in [0, 0.1) is 0 Å². The van der Waals surface area contributed by atoms with Gasteiger partial charge < -0.3 is 10.6 Å². The van der Waals surface area contributed by atoms with Crippen molar-refractivity contribution in [2.75, 3.05) is 30.4 Å². The summed E-state index contributed by atoms with van der Waals surface area (Å²) in [5.74, 6) is -0.0245. The van der Waals surface area contributed by atoms with E-state index >= 15 is 0 Å². The van der Waals surface area contributed by atoms with Gasteiger partial charge in [-0.3, -0.25) is 14.5 Å². The second-order valence-electron chi connectivity index (χ2n) is 6.79. The molecule has 2 heterocycles. The Balaban J connectivity index is 1.52. The molecule has 4 amide bonds. The van der Waals surface area contributed by atoms with Gasteiger partial charge >= 0.3 is 6.03 Å². The predicted molar refractivity (Wildman–Crippen MR) is 106 cm³/mol. The summed E-state index contributed by atoms with van der Waals surface area (Å²) in [6, 6.07) is 6.21. The Hall–Kier alpha value is -2.11. The first-order chi connectivity index (χ1) is 13.2. The number of thioether (sulfide) groups is 1. The lowest BCUT2D eigenvalue weighted by Crippen LogP contribution is -2.50. The van der Waals surface area contributed by atoms with Gasteiger partial charge in [-0.25, -0.2) is 17.5 Å². The summed E-state index contributed by atoms with van der Waals surface area (Å²) in [5.41, 5.74) is 1.34. The van der Waals surface area contributed by atoms with E-state index in [0.29, 0.717) is 25.1 Å². The van der Waals surface area contributed by atoms with E-state index in [1.165, 1.54) is 15.5 Å². The van der Waals surface area contributed by atoms with Crippen LogP contribution in [0.4, 0.5) is 15.3 Å². The second kappa shape index (κ2) is 8.50. The number of amides is 4. The van der Waals surface area contributed by atoms with Gasteiger partial charge in [0.15, 0.2) is 0 Å². The van der Waals surface area contributed by atoms with E-state index in [1.807, 2.05) is 0 Å². The second-order valence-corrected chi connectivity index (χ2v) is 9.70. The number of piperidine rings is 1. The van der Waals surface area contributed by atoms with E-state index in [4.69, 9.17) is 0 Å². The zero-order valence-electron chi connectivity index (χ0n) is 15.4. The number of hydrogen-bond acceptors (Lipinski definition) is 6. The average Bonchev–Trinajstić information content (AvgIpc) is 2.95. The number of sulfonamides is 1. The molecule has 152 valence electrons. The highest BCUT2D eigenvalue weighted by atomic mass is 32.2. The minimum absolute atomic E-state index is 0.177. The molecule has 28 heavy (non-hydrogen) atoms. The first kappa shape index (κ1) is 20.6. The maximum absolute atomic E-state index is 12.2. The van der Waals surface area contributed by atoms with Crippen LogP contribution in [0.2, 0.25) is 0 Å². The van der Waals surface area contributed by atoms with Crippen molar-refractivity contribution in [2.24, 2.45) is 0 Å². The maximum atomic E-state index is 12.2. The molecule has 1 atom stereocenters. The minimum atomic E-state index is -3.27. The summed E-state index contributed by atoms with van der Waals surface area (Å²) in [4.78, 5) is 36.7. The lowest BCUT2D eigenvalue weighted by Gasteiger charge is -2.31. The number of carbonyl (C=O) groups is 3. The van der Waals surface area contributed by atoms with Crippen molar-refractivity contribution in [1.29, 1.82) is 0 Å². The highest BCUT2D eigenvalue weighted by Gasteiger charge is 2.30. The number of benzene rings is 1. The third-order valence-corrected chi connectivity index (χ3v) is 6.71. The monoisotopic (exact) mass is 426 g/mol. The standard InChI is InChI=1S/C17H22N4O5S2/c1-28(25,26)20-8-2-3-14(10-20)19-16(23)18-13-6-4-12(5-7-13)9-21-15(22)11-27-17(21)24/h4-7,14H,2-3,8-11H2,1H3,(H2,18,19,23). The minimum Gasteiger partial charge on any atom is -0.334 e. The summed E-state index contributed by atoms with van der Waals surface area (Å²) in [6.45, 7) is 0.947. The Labute approximate surface area is 167 Å². The van der Waals surface area contributed by atoms with Crippen molar-refractivity contribution in [3.63, 3.8) is 0 Å².